The van der Waals surface area contributed by atoms with E-state index in [1.54, 1.807) is 6.92 Å². The number of halogens is 1. The van der Waals surface area contributed by atoms with Crippen LogP contribution in [0.3, 0.4) is 0 Å². The van der Waals surface area contributed by atoms with Crippen molar-refractivity contribution in [2.75, 3.05) is 0 Å². The van der Waals surface area contributed by atoms with Gasteiger partial charge in [-0.3, -0.25) is 0 Å². The molecule has 0 saturated heterocycles. The zero-order valence-corrected chi connectivity index (χ0v) is 13.2. The van der Waals surface area contributed by atoms with Gasteiger partial charge in [0.15, 0.2) is 0 Å². The third-order valence-electron chi connectivity index (χ3n) is 3.39. The maximum atomic E-state index is 9.62. The van der Waals surface area contributed by atoms with Crippen molar-refractivity contribution in [1.82, 2.24) is 9.78 Å². The molecule has 2 aromatic carbocycles. The second kappa shape index (κ2) is 5.84. The fraction of sp³-hybridized carbons (Fsp3) is 0.118. The first kappa shape index (κ1) is 14.0. The van der Waals surface area contributed by atoms with Gasteiger partial charge in [0.05, 0.1) is 18.0 Å². The van der Waals surface area contributed by atoms with E-state index < -0.39 is 6.10 Å². The molecule has 0 aliphatic carbocycles. The smallest absolute Gasteiger partial charge is 0.0788 e. The van der Waals surface area contributed by atoms with E-state index in [9.17, 15) is 5.11 Å². The van der Waals surface area contributed by atoms with Gasteiger partial charge in [-0.2, -0.15) is 5.10 Å². The van der Waals surface area contributed by atoms with Gasteiger partial charge in [0.25, 0.3) is 0 Å². The first-order valence-electron chi connectivity index (χ1n) is 6.73. The lowest BCUT2D eigenvalue weighted by Crippen LogP contribution is -1.98. The molecule has 0 radical (unpaired) electrons. The highest BCUT2D eigenvalue weighted by molar-refractivity contribution is 9.10. The van der Waals surface area contributed by atoms with Crippen LogP contribution in [0.5, 0.6) is 0 Å². The monoisotopic (exact) mass is 342 g/mol. The Hall–Kier alpha value is -1.91. The van der Waals surface area contributed by atoms with E-state index >= 15 is 0 Å². The lowest BCUT2D eigenvalue weighted by molar-refractivity contribution is 0.199. The van der Waals surface area contributed by atoms with Crippen LogP contribution in [0.15, 0.2) is 65.4 Å². The number of aliphatic hydroxyl groups is 1. The van der Waals surface area contributed by atoms with Crippen molar-refractivity contribution in [3.63, 3.8) is 0 Å². The number of aromatic nitrogens is 2. The minimum Gasteiger partial charge on any atom is -0.389 e. The Kier molecular flexibility index (Phi) is 3.90. The highest BCUT2D eigenvalue weighted by Gasteiger charge is 2.09. The van der Waals surface area contributed by atoms with Gasteiger partial charge in [-0.05, 0) is 46.1 Å². The summed E-state index contributed by atoms with van der Waals surface area (Å²) in [6.07, 6.45) is 3.37. The average Bonchev–Trinajstić information content (AvgIpc) is 2.97. The van der Waals surface area contributed by atoms with E-state index in [1.165, 1.54) is 0 Å². The molecule has 0 aliphatic heterocycles. The fourth-order valence-electron chi connectivity index (χ4n) is 2.20. The third kappa shape index (κ3) is 2.91. The summed E-state index contributed by atoms with van der Waals surface area (Å²) in [5.41, 5.74) is 4.03. The topological polar surface area (TPSA) is 38.0 Å². The van der Waals surface area contributed by atoms with Crippen LogP contribution in [0.25, 0.3) is 16.8 Å². The van der Waals surface area contributed by atoms with Crippen LogP contribution in [-0.2, 0) is 0 Å². The molecule has 0 aliphatic rings. The van der Waals surface area contributed by atoms with Crippen molar-refractivity contribution in [2.24, 2.45) is 0 Å². The molecule has 106 valence electrons. The van der Waals surface area contributed by atoms with Crippen molar-refractivity contribution >= 4 is 15.9 Å². The zero-order chi connectivity index (χ0) is 14.8. The summed E-state index contributed by atoms with van der Waals surface area (Å²) in [6, 6.07) is 15.9. The molecule has 1 atom stereocenters. The molecule has 3 aromatic rings. The molecule has 0 amide bonds. The SMILES string of the molecule is C[C@@H](O)c1ccc(-n2cc(-c3ccccc3)cn2)c(Br)c1. The molecule has 0 bridgehead atoms. The molecule has 4 heteroatoms. The Balaban J connectivity index is 1.97. The Morgan fingerprint density at radius 1 is 1.10 bits per heavy atom. The van der Waals surface area contributed by atoms with E-state index in [2.05, 4.69) is 33.2 Å². The molecule has 0 saturated carbocycles. The van der Waals surface area contributed by atoms with E-state index in [-0.39, 0.29) is 0 Å². The van der Waals surface area contributed by atoms with Gasteiger partial charge in [0.1, 0.15) is 0 Å². The maximum Gasteiger partial charge on any atom is 0.0788 e. The second-order valence-electron chi connectivity index (χ2n) is 4.93. The summed E-state index contributed by atoms with van der Waals surface area (Å²) in [5, 5.41) is 14.0. The predicted molar refractivity (Wildman–Crippen MR) is 87.3 cm³/mol. The predicted octanol–water partition coefficient (Wildman–Crippen LogP) is 4.36. The fourth-order valence-corrected chi connectivity index (χ4v) is 2.78. The van der Waals surface area contributed by atoms with Crippen LogP contribution >= 0.6 is 15.9 Å². The van der Waals surface area contributed by atoms with Gasteiger partial charge in [0.2, 0.25) is 0 Å². The quantitative estimate of drug-likeness (QED) is 0.768. The van der Waals surface area contributed by atoms with Gasteiger partial charge in [-0.1, -0.05) is 36.4 Å². The normalized spacial score (nSPS) is 12.3. The molecule has 0 fully saturated rings. The Morgan fingerprint density at radius 3 is 2.52 bits per heavy atom. The van der Waals surface area contributed by atoms with Crippen molar-refractivity contribution < 1.29 is 5.11 Å². The number of nitrogens with zero attached hydrogens (tertiary/aromatic N) is 2. The summed E-state index contributed by atoms with van der Waals surface area (Å²) < 4.78 is 2.74. The maximum absolute atomic E-state index is 9.62. The molecule has 3 nitrogen and oxygen atoms in total. The average molecular weight is 343 g/mol. The van der Waals surface area contributed by atoms with Gasteiger partial charge < -0.3 is 5.11 Å². The van der Waals surface area contributed by atoms with Crippen molar-refractivity contribution in [3.05, 3.63) is 71.0 Å². The largest absolute Gasteiger partial charge is 0.389 e. The molecule has 3 rings (SSSR count). The van der Waals surface area contributed by atoms with Crippen molar-refractivity contribution in [1.29, 1.82) is 0 Å². The first-order chi connectivity index (χ1) is 10.1. The van der Waals surface area contributed by atoms with Gasteiger partial charge in [-0.25, -0.2) is 4.68 Å². The van der Waals surface area contributed by atoms with Crippen molar-refractivity contribution in [2.45, 2.75) is 13.0 Å². The minimum atomic E-state index is -0.479. The van der Waals surface area contributed by atoms with E-state index in [0.29, 0.717) is 0 Å². The van der Waals surface area contributed by atoms with Crippen LogP contribution in [0.2, 0.25) is 0 Å². The molecular weight excluding hydrogens is 328 g/mol. The number of rotatable bonds is 3. The van der Waals surface area contributed by atoms with Crippen LogP contribution < -0.4 is 0 Å². The molecule has 1 heterocycles. The van der Waals surface area contributed by atoms with Crippen LogP contribution in [0, 0.1) is 0 Å². The molecule has 1 aromatic heterocycles. The summed E-state index contributed by atoms with van der Waals surface area (Å²) in [5.74, 6) is 0. The first-order valence-corrected chi connectivity index (χ1v) is 7.52. The van der Waals surface area contributed by atoms with E-state index in [4.69, 9.17) is 0 Å². The third-order valence-corrected chi connectivity index (χ3v) is 4.03. The summed E-state index contributed by atoms with van der Waals surface area (Å²) in [6.45, 7) is 1.75. The lowest BCUT2D eigenvalue weighted by atomic mass is 10.1. The lowest BCUT2D eigenvalue weighted by Gasteiger charge is -2.09. The summed E-state index contributed by atoms with van der Waals surface area (Å²) in [4.78, 5) is 0. The Morgan fingerprint density at radius 2 is 1.86 bits per heavy atom. The molecule has 0 unspecified atom stereocenters. The van der Waals surface area contributed by atoms with Gasteiger partial charge in [0, 0.05) is 16.2 Å². The zero-order valence-electron chi connectivity index (χ0n) is 11.6. The molecule has 0 spiro atoms. The molecule has 21 heavy (non-hydrogen) atoms. The van der Waals surface area contributed by atoms with Gasteiger partial charge >= 0.3 is 0 Å². The summed E-state index contributed by atoms with van der Waals surface area (Å²) in [7, 11) is 0. The number of hydrogen-bond acceptors (Lipinski definition) is 2. The van der Waals surface area contributed by atoms with Crippen LogP contribution in [-0.4, -0.2) is 14.9 Å². The van der Waals surface area contributed by atoms with Crippen molar-refractivity contribution in [3.8, 4) is 16.8 Å². The number of hydrogen-bond donors (Lipinski definition) is 1. The standard InChI is InChI=1S/C17H15BrN2O/c1-12(21)14-7-8-17(16(18)9-14)20-11-15(10-19-20)13-5-3-2-4-6-13/h2-12,21H,1H3/t12-/m1/s1. The van der Waals surface area contributed by atoms with Crippen LogP contribution in [0.4, 0.5) is 0 Å². The highest BCUT2D eigenvalue weighted by atomic mass is 79.9. The number of benzene rings is 2. The Labute approximate surface area is 132 Å². The molecular formula is C17H15BrN2O. The van der Waals surface area contributed by atoms with Crippen LogP contribution in [0.1, 0.15) is 18.6 Å². The Bertz CT molecular complexity index is 750. The highest BCUT2D eigenvalue weighted by Crippen LogP contribution is 2.26. The summed E-state index contributed by atoms with van der Waals surface area (Å²) >= 11 is 3.55. The van der Waals surface area contributed by atoms with E-state index in [1.807, 2.05) is 53.5 Å². The second-order valence-corrected chi connectivity index (χ2v) is 5.78. The van der Waals surface area contributed by atoms with Gasteiger partial charge in [-0.15, -0.1) is 0 Å². The minimum absolute atomic E-state index is 0.479. The van der Waals surface area contributed by atoms with E-state index in [0.717, 1.165) is 26.9 Å². The molecule has 1 N–H and O–H groups in total. The number of aliphatic hydroxyl groups excluding tert-OH is 1.